The van der Waals surface area contributed by atoms with Gasteiger partial charge in [0, 0.05) is 121 Å². The Morgan fingerprint density at radius 2 is 0.379 bits per heavy atom. The zero-order valence-corrected chi connectivity index (χ0v) is 70.9. The molecule has 8 heterocycles. The van der Waals surface area contributed by atoms with Gasteiger partial charge < -0.3 is 27.1 Å². The van der Waals surface area contributed by atoms with E-state index in [1.165, 1.54) is 70.2 Å². The van der Waals surface area contributed by atoms with Crippen molar-refractivity contribution in [2.45, 2.75) is 0 Å². The molecular formula is C120H72N10O2. The van der Waals surface area contributed by atoms with Crippen LogP contribution in [0.4, 0.5) is 0 Å². The van der Waals surface area contributed by atoms with Crippen molar-refractivity contribution in [3.05, 3.63) is 437 Å². The summed E-state index contributed by atoms with van der Waals surface area (Å²) in [5, 5.41) is 21.1. The smallest absolute Gasteiger partial charge is 0.164 e. The topological polar surface area (TPSA) is 123 Å². The summed E-state index contributed by atoms with van der Waals surface area (Å²) in [4.78, 5) is 29.9. The fraction of sp³-hybridized carbons (Fsp3) is 0. The maximum atomic E-state index is 6.39. The van der Waals surface area contributed by atoms with Crippen LogP contribution in [0.25, 0.3) is 266 Å². The molecule has 12 heteroatoms. The molecule has 0 spiro atoms. The van der Waals surface area contributed by atoms with Gasteiger partial charge in [0.2, 0.25) is 0 Å². The predicted octanol–water partition coefficient (Wildman–Crippen LogP) is 31.1. The van der Waals surface area contributed by atoms with Crippen molar-refractivity contribution in [3.8, 4) is 102 Å². The van der Waals surface area contributed by atoms with E-state index in [0.717, 1.165) is 161 Å². The summed E-state index contributed by atoms with van der Waals surface area (Å²) in [5.74, 6) is 3.85. The van der Waals surface area contributed by atoms with E-state index in [4.69, 9.17) is 38.7 Å². The van der Waals surface area contributed by atoms with Crippen LogP contribution < -0.4 is 0 Å². The highest BCUT2D eigenvalue weighted by Crippen LogP contribution is 2.46. The molecule has 12 nitrogen and oxygen atoms in total. The van der Waals surface area contributed by atoms with Gasteiger partial charge in [-0.15, -0.1) is 0 Å². The van der Waals surface area contributed by atoms with Gasteiger partial charge in [0.15, 0.2) is 34.9 Å². The van der Waals surface area contributed by atoms with Crippen molar-refractivity contribution in [1.82, 2.24) is 48.2 Å². The standard InChI is InChI=1S/C63H37N5O.C57H35N5O/c1-3-15-38(16-4-1)61-64-62(39-17-5-2-6-18-39)66-63(65-61)40-27-30-45-43-19-7-8-20-44(43)46-31-28-41(34-51(46)50(45)33-40)67-55-24-12-9-21-47(55)52-35-42(29-32-57(52)67)68-56-25-13-10-22-48(56)53-37-60-54(36-58(53)68)49-23-11-14-26-59(49)69-60;1-3-13-38(14-4-1)55-58-56(39-15-5-2-6-16-39)60-57(59-55)40-25-23-36(24-26-40)37-27-29-41(30-28-37)61-49-20-10-7-17-43(49)46-33-42(31-32-51(46)61)62-50-21-11-8-18-44(50)47-35-54-48(34-52(47)62)45-19-9-12-22-53(45)63-54/h1-37H;1-35H. The van der Waals surface area contributed by atoms with Crippen LogP contribution in [0.3, 0.4) is 0 Å². The molecule has 0 aliphatic rings. The van der Waals surface area contributed by atoms with Gasteiger partial charge in [0.25, 0.3) is 0 Å². The van der Waals surface area contributed by atoms with Gasteiger partial charge >= 0.3 is 0 Å². The Labute approximate surface area is 754 Å². The van der Waals surface area contributed by atoms with Crippen LogP contribution in [0.1, 0.15) is 0 Å². The van der Waals surface area contributed by atoms with Crippen LogP contribution in [-0.2, 0) is 0 Å². The summed E-state index contributed by atoms with van der Waals surface area (Å²) in [6.07, 6.45) is 0. The molecule has 0 amide bonds. The zero-order valence-electron chi connectivity index (χ0n) is 70.9. The lowest BCUT2D eigenvalue weighted by atomic mass is 9.93. The van der Waals surface area contributed by atoms with Gasteiger partial charge in [-0.1, -0.05) is 309 Å². The second-order valence-corrected chi connectivity index (χ2v) is 34.0. The Morgan fingerprint density at radius 1 is 0.129 bits per heavy atom. The molecule has 0 aliphatic carbocycles. The van der Waals surface area contributed by atoms with Crippen molar-refractivity contribution in [2.24, 2.45) is 0 Å². The summed E-state index contributed by atoms with van der Waals surface area (Å²) in [6.45, 7) is 0. The van der Waals surface area contributed by atoms with Gasteiger partial charge in [0.1, 0.15) is 22.3 Å². The van der Waals surface area contributed by atoms with Crippen molar-refractivity contribution in [1.29, 1.82) is 0 Å². The van der Waals surface area contributed by atoms with E-state index >= 15 is 0 Å². The van der Waals surface area contributed by atoms with E-state index in [0.29, 0.717) is 34.9 Å². The Morgan fingerprint density at radius 3 is 0.780 bits per heavy atom. The van der Waals surface area contributed by atoms with Gasteiger partial charge in [-0.05, 0) is 171 Å². The molecule has 0 atom stereocenters. The first kappa shape index (κ1) is 74.3. The molecule has 0 saturated heterocycles. The zero-order chi connectivity index (χ0) is 86.6. The molecule has 0 N–H and O–H groups in total. The van der Waals surface area contributed by atoms with E-state index in [1.54, 1.807) is 0 Å². The fourth-order valence-corrected chi connectivity index (χ4v) is 20.4. The molecule has 0 unspecified atom stereocenters. The first-order chi connectivity index (χ1) is 65.4. The quantitative estimate of drug-likeness (QED) is 0.117. The van der Waals surface area contributed by atoms with E-state index in [-0.39, 0.29) is 0 Å². The average Bonchev–Trinajstić information content (AvgIpc) is 1.64. The Hall–Kier alpha value is -18.0. The van der Waals surface area contributed by atoms with Crippen LogP contribution in [-0.4, -0.2) is 48.2 Å². The number of fused-ring (bicyclic) bond motifs is 24. The molecule has 28 aromatic rings. The van der Waals surface area contributed by atoms with Crippen LogP contribution in [0.2, 0.25) is 0 Å². The second kappa shape index (κ2) is 29.8. The number of nitrogens with zero attached hydrogens (tertiary/aromatic N) is 10. The predicted molar refractivity (Wildman–Crippen MR) is 542 cm³/mol. The third-order valence-electron chi connectivity index (χ3n) is 26.5. The number of rotatable bonds is 11. The minimum absolute atomic E-state index is 0.631. The van der Waals surface area contributed by atoms with Gasteiger partial charge in [-0.2, -0.15) is 0 Å². The molecule has 0 radical (unpaired) electrons. The molecule has 8 aromatic heterocycles. The van der Waals surface area contributed by atoms with E-state index in [1.807, 2.05) is 121 Å². The fourth-order valence-electron chi connectivity index (χ4n) is 20.4. The lowest BCUT2D eigenvalue weighted by Gasteiger charge is -2.15. The summed E-state index contributed by atoms with van der Waals surface area (Å²) in [7, 11) is 0. The molecule has 0 saturated carbocycles. The average molecular weight is 1690 g/mol. The summed E-state index contributed by atoms with van der Waals surface area (Å²) >= 11 is 0. The summed E-state index contributed by atoms with van der Waals surface area (Å²) in [6, 6.07) is 155. The third kappa shape index (κ3) is 12.0. The van der Waals surface area contributed by atoms with E-state index in [2.05, 4.69) is 334 Å². The van der Waals surface area contributed by atoms with Crippen molar-refractivity contribution < 1.29 is 8.83 Å². The minimum atomic E-state index is 0.631. The van der Waals surface area contributed by atoms with Crippen LogP contribution in [0, 0.1) is 0 Å². The number of aromatic nitrogens is 10. The monoisotopic (exact) mass is 1680 g/mol. The SMILES string of the molecule is c1ccc(-c2nc(-c3ccccc3)nc(-c3ccc(-c4ccc(-n5c6ccccc6c6cc(-n7c8ccccc8c8cc9oc%10ccccc%10c9cc87)ccc65)cc4)cc3)n2)cc1.c1ccc(-c2nc(-c3ccccc3)nc(-c3ccc4c5ccccc5c5ccc(-n6c7ccccc7c7cc(-n8c9ccccc9c9cc%10oc%11ccccc%11c%10cc98)ccc76)cc5c4c3)n2)cc1. The number of furan rings is 2. The Kier molecular flexibility index (Phi) is 16.8. The van der Waals surface area contributed by atoms with Gasteiger partial charge in [-0.25, -0.2) is 29.9 Å². The first-order valence-electron chi connectivity index (χ1n) is 44.5. The maximum absolute atomic E-state index is 6.39. The molecule has 0 fully saturated rings. The molecule has 28 rings (SSSR count). The van der Waals surface area contributed by atoms with E-state index in [9.17, 15) is 0 Å². The van der Waals surface area contributed by atoms with Crippen LogP contribution in [0.5, 0.6) is 0 Å². The highest BCUT2D eigenvalue weighted by molar-refractivity contribution is 6.27. The first-order valence-corrected chi connectivity index (χ1v) is 44.5. The molecular weight excluding hydrogens is 1610 g/mol. The largest absolute Gasteiger partial charge is 0.456 e. The summed E-state index contributed by atoms with van der Waals surface area (Å²) in [5.41, 5.74) is 25.2. The van der Waals surface area contributed by atoms with E-state index < -0.39 is 0 Å². The number of hydrogen-bond donors (Lipinski definition) is 0. The van der Waals surface area contributed by atoms with Crippen LogP contribution in [0.15, 0.2) is 446 Å². The lowest BCUT2D eigenvalue weighted by Crippen LogP contribution is -2.00. The lowest BCUT2D eigenvalue weighted by molar-refractivity contribution is 0.669. The molecule has 614 valence electrons. The van der Waals surface area contributed by atoms with Gasteiger partial charge in [-0.3, -0.25) is 0 Å². The Bertz CT molecular complexity index is 9470. The number of hydrogen-bond acceptors (Lipinski definition) is 8. The second-order valence-electron chi connectivity index (χ2n) is 34.0. The summed E-state index contributed by atoms with van der Waals surface area (Å²) < 4.78 is 22.4. The highest BCUT2D eigenvalue weighted by Gasteiger charge is 2.25. The molecule has 20 aromatic carbocycles. The molecule has 132 heavy (non-hydrogen) atoms. The van der Waals surface area contributed by atoms with Crippen molar-refractivity contribution >= 4 is 163 Å². The maximum Gasteiger partial charge on any atom is 0.164 e. The third-order valence-corrected chi connectivity index (χ3v) is 26.5. The number of para-hydroxylation sites is 6. The van der Waals surface area contributed by atoms with Gasteiger partial charge in [0.05, 0.1) is 44.1 Å². The Balaban J connectivity index is 0.000000136. The van der Waals surface area contributed by atoms with Crippen LogP contribution >= 0.6 is 0 Å². The number of benzene rings is 20. The normalized spacial score (nSPS) is 11.9. The molecule has 0 aliphatic heterocycles. The van der Waals surface area contributed by atoms with Crippen molar-refractivity contribution in [2.75, 3.05) is 0 Å². The molecule has 0 bridgehead atoms. The minimum Gasteiger partial charge on any atom is -0.456 e. The highest BCUT2D eigenvalue weighted by atomic mass is 16.3. The van der Waals surface area contributed by atoms with Crippen molar-refractivity contribution in [3.63, 3.8) is 0 Å².